The first-order valence-electron chi connectivity index (χ1n) is 20.2. The molecule has 58 heavy (non-hydrogen) atoms. The topological polar surface area (TPSA) is 98.3 Å². The van der Waals surface area contributed by atoms with Gasteiger partial charge in [-0.1, -0.05) is 153 Å². The first kappa shape index (κ1) is 43.1. The van der Waals surface area contributed by atoms with Gasteiger partial charge >= 0.3 is 0 Å². The largest absolute Gasteiger partial charge is 0.344 e. The number of allylic oxidation sites excluding steroid dienone is 1. The van der Waals surface area contributed by atoms with Crippen molar-refractivity contribution >= 4 is 44.0 Å². The van der Waals surface area contributed by atoms with Crippen LogP contribution in [-0.4, -0.2) is 32.3 Å². The summed E-state index contributed by atoms with van der Waals surface area (Å²) in [5.74, 6) is 0. The van der Waals surface area contributed by atoms with Gasteiger partial charge in [0.25, 0.3) is 0 Å². The van der Waals surface area contributed by atoms with E-state index in [1.807, 2.05) is 39.1 Å². The summed E-state index contributed by atoms with van der Waals surface area (Å²) in [6, 6.07) is 59.7. The third-order valence-corrected chi connectivity index (χ3v) is 10.5. The summed E-state index contributed by atoms with van der Waals surface area (Å²) in [5.41, 5.74) is 27.1. The molecule has 8 rings (SSSR count). The monoisotopic (exact) mass is 768 g/mol. The van der Waals surface area contributed by atoms with Gasteiger partial charge in [-0.3, -0.25) is 0 Å². The zero-order chi connectivity index (χ0) is 41.5. The Kier molecular flexibility index (Phi) is 15.6. The second kappa shape index (κ2) is 20.9. The smallest absolute Gasteiger partial charge is 0.0609 e. The standard InChI is InChI=1S/C38H38N4.C11H11N.C2H6.CH5N/c1-38(39,29-14-6-4-7-15-29)30(27-40-2)24-25-42-36-21-13-11-19-33(36)34-23-22-28(26-37(34)42)32-18-10-12-20-35(32)41(3)31-16-8-5-9-17-31;12-8-9-5-6-10-3-1-2-4-11(10)7-9;2*1-2/h4-24,26,40H,25,27,39H2,1-3H3;1-7H,8,12H2;1-2H3;2H2,1H3/b30-24+;;;. The Morgan fingerprint density at radius 3 is 1.98 bits per heavy atom. The molecule has 0 aliphatic heterocycles. The normalized spacial score (nSPS) is 12.1. The molecule has 1 unspecified atom stereocenters. The lowest BCUT2D eigenvalue weighted by molar-refractivity contribution is 0.557. The average molecular weight is 769 g/mol. The molecule has 1 heterocycles. The molecular weight excluding hydrogens is 709 g/mol. The molecule has 7 aromatic carbocycles. The zero-order valence-electron chi connectivity index (χ0n) is 35.0. The molecule has 0 fully saturated rings. The van der Waals surface area contributed by atoms with E-state index in [0.29, 0.717) is 13.1 Å². The van der Waals surface area contributed by atoms with E-state index < -0.39 is 5.54 Å². The van der Waals surface area contributed by atoms with Gasteiger partial charge in [0.2, 0.25) is 0 Å². The van der Waals surface area contributed by atoms with E-state index in [9.17, 15) is 0 Å². The summed E-state index contributed by atoms with van der Waals surface area (Å²) in [7, 11) is 5.61. The lowest BCUT2D eigenvalue weighted by atomic mass is 9.85. The molecule has 0 spiro atoms. The van der Waals surface area contributed by atoms with Gasteiger partial charge in [0.15, 0.2) is 0 Å². The molecular formula is C52H60N6. The van der Waals surface area contributed by atoms with Crippen LogP contribution in [-0.2, 0) is 18.6 Å². The van der Waals surface area contributed by atoms with Crippen LogP contribution in [0.3, 0.4) is 0 Å². The summed E-state index contributed by atoms with van der Waals surface area (Å²) in [4.78, 5) is 2.26. The van der Waals surface area contributed by atoms with E-state index in [0.717, 1.165) is 23.4 Å². The van der Waals surface area contributed by atoms with Crippen molar-refractivity contribution in [2.45, 2.75) is 39.4 Å². The third kappa shape index (κ3) is 9.74. The molecule has 1 atom stereocenters. The number of fused-ring (bicyclic) bond motifs is 4. The van der Waals surface area contributed by atoms with Gasteiger partial charge in [-0.2, -0.15) is 0 Å². The lowest BCUT2D eigenvalue weighted by Gasteiger charge is -2.29. The van der Waals surface area contributed by atoms with Crippen molar-refractivity contribution in [3.05, 3.63) is 193 Å². The minimum Gasteiger partial charge on any atom is -0.344 e. The SMILES string of the molecule is CC.CN.CNC/C(=C\Cn1c2ccccc2c2ccc(-c3ccccc3N(C)c3ccccc3)cc21)C(C)(N)c1ccccc1.NCc1ccc2ccccc2c1. The summed E-state index contributed by atoms with van der Waals surface area (Å²) in [6.45, 7) is 8.15. The number of aromatic nitrogens is 1. The van der Waals surface area contributed by atoms with Crippen molar-refractivity contribution in [3.8, 4) is 11.1 Å². The fourth-order valence-electron chi connectivity index (χ4n) is 7.41. The highest BCUT2D eigenvalue weighted by Gasteiger charge is 2.25. The minimum absolute atomic E-state index is 0.588. The van der Waals surface area contributed by atoms with Gasteiger partial charge in [0.05, 0.1) is 11.1 Å². The third-order valence-electron chi connectivity index (χ3n) is 10.5. The molecule has 6 nitrogen and oxygen atoms in total. The fourth-order valence-corrected chi connectivity index (χ4v) is 7.41. The Balaban J connectivity index is 0.000000336. The number of nitrogens with zero attached hydrogens (tertiary/aromatic N) is 2. The van der Waals surface area contributed by atoms with Crippen LogP contribution in [0.5, 0.6) is 0 Å². The van der Waals surface area contributed by atoms with E-state index in [4.69, 9.17) is 11.5 Å². The quantitative estimate of drug-likeness (QED) is 0.104. The Hall–Kier alpha value is -6.02. The zero-order valence-corrected chi connectivity index (χ0v) is 35.0. The predicted molar refractivity (Wildman–Crippen MR) is 253 cm³/mol. The van der Waals surface area contributed by atoms with Crippen LogP contribution in [0, 0.1) is 0 Å². The lowest BCUT2D eigenvalue weighted by Crippen LogP contribution is -2.39. The maximum Gasteiger partial charge on any atom is 0.0609 e. The Labute approximate surface area is 345 Å². The van der Waals surface area contributed by atoms with E-state index >= 15 is 0 Å². The van der Waals surface area contributed by atoms with Gasteiger partial charge in [-0.25, -0.2) is 0 Å². The van der Waals surface area contributed by atoms with Crippen LogP contribution in [0.4, 0.5) is 11.4 Å². The predicted octanol–water partition coefficient (Wildman–Crippen LogP) is 11.1. The first-order valence-corrected chi connectivity index (χ1v) is 20.2. The number of nitrogens with two attached hydrogens (primary N) is 3. The minimum atomic E-state index is -0.588. The summed E-state index contributed by atoms with van der Waals surface area (Å²) >= 11 is 0. The van der Waals surface area contributed by atoms with Crippen LogP contribution in [0.25, 0.3) is 43.7 Å². The van der Waals surface area contributed by atoms with Gasteiger partial charge in [0.1, 0.15) is 0 Å². The molecule has 0 saturated carbocycles. The molecule has 0 saturated heterocycles. The van der Waals surface area contributed by atoms with Crippen LogP contribution < -0.4 is 27.4 Å². The molecule has 7 N–H and O–H groups in total. The highest BCUT2D eigenvalue weighted by Crippen LogP contribution is 2.38. The van der Waals surface area contributed by atoms with Gasteiger partial charge < -0.3 is 32.0 Å². The van der Waals surface area contributed by atoms with E-state index in [2.05, 4.69) is 192 Å². The first-order chi connectivity index (χ1) is 28.4. The van der Waals surface area contributed by atoms with Crippen molar-refractivity contribution in [2.75, 3.05) is 32.6 Å². The van der Waals surface area contributed by atoms with Crippen molar-refractivity contribution in [1.29, 1.82) is 0 Å². The van der Waals surface area contributed by atoms with Gasteiger partial charge in [-0.05, 0) is 90.5 Å². The number of hydrogen-bond acceptors (Lipinski definition) is 5. The molecule has 0 amide bonds. The highest BCUT2D eigenvalue weighted by molar-refractivity contribution is 6.09. The number of para-hydroxylation sites is 3. The summed E-state index contributed by atoms with van der Waals surface area (Å²) < 4.78 is 2.43. The van der Waals surface area contributed by atoms with Crippen LogP contribution >= 0.6 is 0 Å². The molecule has 298 valence electrons. The van der Waals surface area contributed by atoms with E-state index in [1.54, 1.807) is 0 Å². The van der Waals surface area contributed by atoms with Crippen molar-refractivity contribution in [3.63, 3.8) is 0 Å². The van der Waals surface area contributed by atoms with Crippen LogP contribution in [0.2, 0.25) is 0 Å². The second-order valence-corrected chi connectivity index (χ2v) is 14.0. The van der Waals surface area contributed by atoms with E-state index in [1.165, 1.54) is 62.0 Å². The number of hydrogen-bond donors (Lipinski definition) is 4. The van der Waals surface area contributed by atoms with Crippen molar-refractivity contribution in [1.82, 2.24) is 9.88 Å². The maximum absolute atomic E-state index is 7.00. The molecule has 8 aromatic rings. The van der Waals surface area contributed by atoms with Gasteiger partial charge in [-0.15, -0.1) is 0 Å². The number of benzene rings is 7. The Morgan fingerprint density at radius 2 is 1.28 bits per heavy atom. The van der Waals surface area contributed by atoms with Crippen LogP contribution in [0.15, 0.2) is 182 Å². The fraction of sp³-hybridized carbons (Fsp3) is 0.192. The molecule has 0 bridgehead atoms. The van der Waals surface area contributed by atoms with Crippen molar-refractivity contribution < 1.29 is 0 Å². The van der Waals surface area contributed by atoms with Gasteiger partial charge in [0, 0.05) is 59.9 Å². The van der Waals surface area contributed by atoms with E-state index in [-0.39, 0.29) is 0 Å². The number of likely N-dealkylation sites (N-methyl/N-ethyl adjacent to an activating group) is 1. The Bertz CT molecular complexity index is 2520. The Morgan fingerprint density at radius 1 is 0.672 bits per heavy atom. The number of rotatable bonds is 10. The number of anilines is 2. The molecule has 0 radical (unpaired) electrons. The average Bonchev–Trinajstić information content (AvgIpc) is 3.62. The second-order valence-electron chi connectivity index (χ2n) is 14.0. The molecule has 0 aliphatic carbocycles. The number of nitrogens with one attached hydrogen (secondary N) is 1. The highest BCUT2D eigenvalue weighted by atomic mass is 15.1. The summed E-state index contributed by atoms with van der Waals surface area (Å²) in [6.07, 6.45) is 2.30. The molecule has 6 heteroatoms. The molecule has 1 aromatic heterocycles. The van der Waals surface area contributed by atoms with Crippen molar-refractivity contribution in [2.24, 2.45) is 17.2 Å². The molecule has 0 aliphatic rings. The van der Waals surface area contributed by atoms with Crippen LogP contribution in [0.1, 0.15) is 31.9 Å². The maximum atomic E-state index is 7.00. The summed E-state index contributed by atoms with van der Waals surface area (Å²) in [5, 5.41) is 8.40.